The Balaban J connectivity index is 1.50. The molecule has 4 rings (SSSR count). The molecule has 0 spiro atoms. The number of furan rings is 1. The minimum absolute atomic E-state index is 0.205. The highest BCUT2D eigenvalue weighted by Gasteiger charge is 2.25. The Morgan fingerprint density at radius 1 is 0.906 bits per heavy atom. The van der Waals surface area contributed by atoms with Crippen LogP contribution in [0.4, 0.5) is 5.69 Å². The highest BCUT2D eigenvalue weighted by molar-refractivity contribution is 6.05. The molecule has 6 nitrogen and oxygen atoms in total. The van der Waals surface area contributed by atoms with Crippen molar-refractivity contribution in [3.05, 3.63) is 95.1 Å². The van der Waals surface area contributed by atoms with Gasteiger partial charge in [0.25, 0.3) is 11.8 Å². The van der Waals surface area contributed by atoms with Gasteiger partial charge in [0, 0.05) is 43.5 Å². The Hall–Kier alpha value is -3.80. The standard InChI is InChI=1S/C26H27N3O3/c1-19-10-11-21(17-20(19)2)25(30)27-24(18-23-9-6-16-32-23)26(31)29-14-12-28(13-15-29)22-7-4-3-5-8-22/h3-11,16-18H,12-15H2,1-2H3,(H,27,30)/b24-18-. The van der Waals surface area contributed by atoms with Gasteiger partial charge in [0.1, 0.15) is 11.5 Å². The predicted octanol–water partition coefficient (Wildman–Crippen LogP) is 4.02. The molecule has 2 amide bonds. The summed E-state index contributed by atoms with van der Waals surface area (Å²) in [6, 6.07) is 19.2. The maximum atomic E-state index is 13.3. The van der Waals surface area contributed by atoms with Crippen LogP contribution in [0.5, 0.6) is 0 Å². The van der Waals surface area contributed by atoms with Gasteiger partial charge in [0.05, 0.1) is 6.26 Å². The third-order valence-electron chi connectivity index (χ3n) is 5.77. The number of carbonyl (C=O) groups is 2. The zero-order chi connectivity index (χ0) is 22.5. The van der Waals surface area contributed by atoms with Crippen molar-refractivity contribution in [3.63, 3.8) is 0 Å². The lowest BCUT2D eigenvalue weighted by Gasteiger charge is -2.36. The fourth-order valence-corrected chi connectivity index (χ4v) is 3.72. The Labute approximate surface area is 188 Å². The van der Waals surface area contributed by atoms with Gasteiger partial charge in [0.2, 0.25) is 0 Å². The van der Waals surface area contributed by atoms with Crippen LogP contribution in [-0.4, -0.2) is 42.9 Å². The first-order valence-electron chi connectivity index (χ1n) is 10.7. The summed E-state index contributed by atoms with van der Waals surface area (Å²) in [5, 5.41) is 2.82. The molecule has 1 aromatic heterocycles. The van der Waals surface area contributed by atoms with E-state index in [1.807, 2.05) is 44.2 Å². The number of amides is 2. The lowest BCUT2D eigenvalue weighted by Crippen LogP contribution is -2.50. The molecule has 1 saturated heterocycles. The number of piperazine rings is 1. The molecular formula is C26H27N3O3. The molecule has 0 saturated carbocycles. The van der Waals surface area contributed by atoms with Gasteiger partial charge in [-0.1, -0.05) is 24.3 Å². The fraction of sp³-hybridized carbons (Fsp3) is 0.231. The van der Waals surface area contributed by atoms with Crippen molar-refractivity contribution in [2.75, 3.05) is 31.1 Å². The van der Waals surface area contributed by atoms with Crippen molar-refractivity contribution in [2.45, 2.75) is 13.8 Å². The summed E-state index contributed by atoms with van der Waals surface area (Å²) in [4.78, 5) is 30.3. The van der Waals surface area contributed by atoms with Gasteiger partial charge in [-0.25, -0.2) is 0 Å². The van der Waals surface area contributed by atoms with Gasteiger partial charge >= 0.3 is 0 Å². The summed E-state index contributed by atoms with van der Waals surface area (Å²) in [6.07, 6.45) is 3.13. The molecule has 2 heterocycles. The summed E-state index contributed by atoms with van der Waals surface area (Å²) in [5.74, 6) is -0.0230. The second kappa shape index (κ2) is 9.56. The molecule has 0 radical (unpaired) electrons. The van der Waals surface area contributed by atoms with E-state index < -0.39 is 0 Å². The summed E-state index contributed by atoms with van der Waals surface area (Å²) < 4.78 is 5.39. The number of benzene rings is 2. The molecule has 2 aromatic carbocycles. The smallest absolute Gasteiger partial charge is 0.270 e. The van der Waals surface area contributed by atoms with Crippen molar-refractivity contribution in [1.29, 1.82) is 0 Å². The Kier molecular flexibility index (Phi) is 6.40. The average Bonchev–Trinajstić information content (AvgIpc) is 3.34. The van der Waals surface area contributed by atoms with Crippen molar-refractivity contribution in [2.24, 2.45) is 0 Å². The first-order valence-corrected chi connectivity index (χ1v) is 10.7. The normalized spacial score (nSPS) is 14.4. The van der Waals surface area contributed by atoms with Crippen LogP contribution in [0.25, 0.3) is 6.08 Å². The average molecular weight is 430 g/mol. The van der Waals surface area contributed by atoms with E-state index in [0.717, 1.165) is 29.9 Å². The number of anilines is 1. The lowest BCUT2D eigenvalue weighted by atomic mass is 10.1. The van der Waals surface area contributed by atoms with Crippen LogP contribution >= 0.6 is 0 Å². The second-order valence-electron chi connectivity index (χ2n) is 7.94. The van der Waals surface area contributed by atoms with Crippen molar-refractivity contribution < 1.29 is 14.0 Å². The van der Waals surface area contributed by atoms with Gasteiger partial charge in [0.15, 0.2) is 0 Å². The molecule has 1 N–H and O–H groups in total. The van der Waals surface area contributed by atoms with Gasteiger partial charge in [-0.05, 0) is 61.4 Å². The van der Waals surface area contributed by atoms with E-state index >= 15 is 0 Å². The molecule has 0 atom stereocenters. The number of nitrogens with one attached hydrogen (secondary N) is 1. The monoisotopic (exact) mass is 429 g/mol. The molecule has 0 unspecified atom stereocenters. The maximum Gasteiger partial charge on any atom is 0.270 e. The SMILES string of the molecule is Cc1ccc(C(=O)N/C(=C\c2ccco2)C(=O)N2CCN(c3ccccc3)CC2)cc1C. The second-order valence-corrected chi connectivity index (χ2v) is 7.94. The minimum Gasteiger partial charge on any atom is -0.465 e. The number of carbonyl (C=O) groups excluding carboxylic acids is 2. The van der Waals surface area contributed by atoms with Gasteiger partial charge < -0.3 is 19.5 Å². The first kappa shape index (κ1) is 21.4. The third-order valence-corrected chi connectivity index (χ3v) is 5.77. The van der Waals surface area contributed by atoms with Crippen LogP contribution < -0.4 is 10.2 Å². The highest BCUT2D eigenvalue weighted by Crippen LogP contribution is 2.18. The fourth-order valence-electron chi connectivity index (χ4n) is 3.72. The summed E-state index contributed by atoms with van der Waals surface area (Å²) >= 11 is 0. The topological polar surface area (TPSA) is 65.8 Å². The zero-order valence-electron chi connectivity index (χ0n) is 18.4. The molecule has 3 aromatic rings. The van der Waals surface area contributed by atoms with E-state index in [4.69, 9.17) is 4.42 Å². The third kappa shape index (κ3) is 4.91. The number of hydrogen-bond acceptors (Lipinski definition) is 4. The Morgan fingerprint density at radius 2 is 1.66 bits per heavy atom. The molecule has 0 aliphatic carbocycles. The molecular weight excluding hydrogens is 402 g/mol. The molecule has 0 bridgehead atoms. The minimum atomic E-state index is -0.317. The van der Waals surface area contributed by atoms with Crippen LogP contribution in [-0.2, 0) is 4.79 Å². The van der Waals surface area contributed by atoms with Gasteiger partial charge in [-0.3, -0.25) is 9.59 Å². The van der Waals surface area contributed by atoms with E-state index in [9.17, 15) is 9.59 Å². The predicted molar refractivity (Wildman–Crippen MR) is 125 cm³/mol. The molecule has 1 aliphatic rings. The zero-order valence-corrected chi connectivity index (χ0v) is 18.4. The quantitative estimate of drug-likeness (QED) is 0.623. The van der Waals surface area contributed by atoms with Crippen LogP contribution in [0.1, 0.15) is 27.2 Å². The number of hydrogen-bond donors (Lipinski definition) is 1. The summed E-state index contributed by atoms with van der Waals surface area (Å²) in [7, 11) is 0. The van der Waals surface area contributed by atoms with Crippen molar-refractivity contribution >= 4 is 23.6 Å². The molecule has 1 aliphatic heterocycles. The van der Waals surface area contributed by atoms with E-state index in [-0.39, 0.29) is 17.5 Å². The van der Waals surface area contributed by atoms with E-state index in [0.29, 0.717) is 24.4 Å². The molecule has 1 fully saturated rings. The number of para-hydroxylation sites is 1. The largest absolute Gasteiger partial charge is 0.465 e. The van der Waals surface area contributed by atoms with Gasteiger partial charge in [-0.2, -0.15) is 0 Å². The van der Waals surface area contributed by atoms with Crippen LogP contribution in [0.3, 0.4) is 0 Å². The lowest BCUT2D eigenvalue weighted by molar-refractivity contribution is -0.127. The Bertz CT molecular complexity index is 1110. The van der Waals surface area contributed by atoms with E-state index in [1.54, 1.807) is 29.2 Å². The number of nitrogens with zero attached hydrogens (tertiary/aromatic N) is 2. The molecule has 32 heavy (non-hydrogen) atoms. The number of rotatable bonds is 5. The highest BCUT2D eigenvalue weighted by atomic mass is 16.3. The maximum absolute atomic E-state index is 13.3. The van der Waals surface area contributed by atoms with E-state index in [1.165, 1.54) is 6.26 Å². The summed E-state index contributed by atoms with van der Waals surface area (Å²) in [5.41, 5.74) is 4.00. The Morgan fingerprint density at radius 3 is 2.31 bits per heavy atom. The van der Waals surface area contributed by atoms with Crippen LogP contribution in [0.15, 0.2) is 77.0 Å². The van der Waals surface area contributed by atoms with Gasteiger partial charge in [-0.15, -0.1) is 0 Å². The van der Waals surface area contributed by atoms with Crippen molar-refractivity contribution in [3.8, 4) is 0 Å². The van der Waals surface area contributed by atoms with Crippen molar-refractivity contribution in [1.82, 2.24) is 10.2 Å². The van der Waals surface area contributed by atoms with E-state index in [2.05, 4.69) is 22.3 Å². The first-order chi connectivity index (χ1) is 15.5. The molecule has 164 valence electrons. The van der Waals surface area contributed by atoms with Crippen LogP contribution in [0, 0.1) is 13.8 Å². The van der Waals surface area contributed by atoms with Crippen LogP contribution in [0.2, 0.25) is 0 Å². The molecule has 6 heteroatoms. The summed E-state index contributed by atoms with van der Waals surface area (Å²) in [6.45, 7) is 6.57. The number of aryl methyl sites for hydroxylation is 2.